The molecule has 1 aliphatic heterocycles. The number of ether oxygens (including phenoxy) is 1. The van der Waals surface area contributed by atoms with E-state index in [1.807, 2.05) is 41.8 Å². The number of piperidine rings is 1. The zero-order chi connectivity index (χ0) is 28.4. The predicted molar refractivity (Wildman–Crippen MR) is 160 cm³/mol. The molecule has 7 nitrogen and oxygen atoms in total. The molecule has 0 aliphatic carbocycles. The van der Waals surface area contributed by atoms with Gasteiger partial charge in [-0.15, -0.1) is 6.42 Å². The Kier molecular flexibility index (Phi) is 10.8. The topological polar surface area (TPSA) is 70.2 Å². The van der Waals surface area contributed by atoms with Crippen LogP contribution in [0, 0.1) is 12.3 Å². The number of nitrogens with zero attached hydrogens (tertiary/aromatic N) is 3. The largest absolute Gasteiger partial charge is 0.445 e. The van der Waals surface area contributed by atoms with Gasteiger partial charge < -0.3 is 9.64 Å². The van der Waals surface area contributed by atoms with Gasteiger partial charge in [0.05, 0.1) is 11.4 Å². The van der Waals surface area contributed by atoms with Gasteiger partial charge in [0.2, 0.25) is 10.0 Å². The molecule has 0 saturated carbocycles. The summed E-state index contributed by atoms with van der Waals surface area (Å²) in [5, 5.41) is 4.15. The molecule has 3 aromatic rings. The van der Waals surface area contributed by atoms with E-state index < -0.39 is 10.0 Å². The summed E-state index contributed by atoms with van der Waals surface area (Å²) in [6.45, 7) is 3.38. The highest BCUT2D eigenvalue weighted by Crippen LogP contribution is 2.27. The van der Waals surface area contributed by atoms with E-state index in [0.717, 1.165) is 50.0 Å². The molecule has 0 spiro atoms. The lowest BCUT2D eigenvalue weighted by molar-refractivity contribution is 0.0663. The van der Waals surface area contributed by atoms with E-state index >= 15 is 0 Å². The van der Waals surface area contributed by atoms with E-state index in [2.05, 4.69) is 22.3 Å². The summed E-state index contributed by atoms with van der Waals surface area (Å²) in [6, 6.07) is 20.3. The Morgan fingerprint density at radius 2 is 1.77 bits per heavy atom. The molecule has 1 aromatic heterocycles. The molecule has 9 heteroatoms. The molecule has 212 valence electrons. The number of benzene rings is 2. The van der Waals surface area contributed by atoms with Gasteiger partial charge in [0, 0.05) is 32.7 Å². The first kappa shape index (κ1) is 29.8. The summed E-state index contributed by atoms with van der Waals surface area (Å²) in [6.07, 6.45) is 7.68. The van der Waals surface area contributed by atoms with Gasteiger partial charge in [-0.1, -0.05) is 54.5 Å². The van der Waals surface area contributed by atoms with Crippen LogP contribution in [0.1, 0.15) is 36.3 Å². The number of likely N-dealkylation sites (N-methyl/N-ethyl adjacent to an activating group) is 1. The van der Waals surface area contributed by atoms with E-state index in [9.17, 15) is 13.2 Å². The Bertz CT molecular complexity index is 1330. The normalized spacial score (nSPS) is 15.4. The van der Waals surface area contributed by atoms with Crippen molar-refractivity contribution in [1.82, 2.24) is 14.1 Å². The van der Waals surface area contributed by atoms with Crippen LogP contribution in [0.5, 0.6) is 0 Å². The van der Waals surface area contributed by atoms with Crippen LogP contribution in [0.15, 0.2) is 82.4 Å². The minimum atomic E-state index is -3.56. The molecule has 1 fully saturated rings. The van der Waals surface area contributed by atoms with E-state index in [4.69, 9.17) is 11.2 Å². The number of likely N-dealkylation sites (tertiary alicyclic amines) is 1. The minimum absolute atomic E-state index is 0.0328. The zero-order valence-corrected chi connectivity index (χ0v) is 24.5. The van der Waals surface area contributed by atoms with Crippen molar-refractivity contribution in [1.29, 1.82) is 0 Å². The average molecular weight is 580 g/mol. The Balaban J connectivity index is 1.31. The van der Waals surface area contributed by atoms with Gasteiger partial charge >= 0.3 is 6.09 Å². The first-order chi connectivity index (χ1) is 19.4. The van der Waals surface area contributed by atoms with Crippen LogP contribution < -0.4 is 0 Å². The van der Waals surface area contributed by atoms with Gasteiger partial charge in [-0.05, 0) is 71.8 Å². The molecular formula is C31H37N3O4S2. The summed E-state index contributed by atoms with van der Waals surface area (Å²) in [7, 11) is -1.91. The lowest BCUT2D eigenvalue weighted by atomic mass is 9.97. The number of carbonyl (C=O) groups is 1. The van der Waals surface area contributed by atoms with Crippen molar-refractivity contribution in [2.75, 3.05) is 39.8 Å². The quantitative estimate of drug-likeness (QED) is 0.273. The second-order valence-corrected chi connectivity index (χ2v) is 12.9. The number of amides is 1. The van der Waals surface area contributed by atoms with Gasteiger partial charge in [-0.3, -0.25) is 4.90 Å². The van der Waals surface area contributed by atoms with Crippen LogP contribution in [0.3, 0.4) is 0 Å². The van der Waals surface area contributed by atoms with Crippen LogP contribution in [0.2, 0.25) is 0 Å². The number of carbonyl (C=O) groups excluding carboxylic acids is 1. The molecule has 1 amide bonds. The van der Waals surface area contributed by atoms with Crippen molar-refractivity contribution in [2.45, 2.75) is 42.7 Å². The number of terminal acetylenes is 1. The summed E-state index contributed by atoms with van der Waals surface area (Å²) >= 11 is 1.63. The minimum Gasteiger partial charge on any atom is -0.445 e. The number of thiophene rings is 1. The second kappa shape index (κ2) is 14.5. The molecule has 1 atom stereocenters. The van der Waals surface area contributed by atoms with Gasteiger partial charge in [-0.2, -0.15) is 11.3 Å². The van der Waals surface area contributed by atoms with Gasteiger partial charge in [0.1, 0.15) is 6.61 Å². The number of hydrogen-bond donors (Lipinski definition) is 0. The van der Waals surface area contributed by atoms with Gasteiger partial charge in [-0.25, -0.2) is 17.5 Å². The molecule has 2 aromatic carbocycles. The molecule has 0 radical (unpaired) electrons. The maximum absolute atomic E-state index is 13.1. The maximum atomic E-state index is 13.1. The molecule has 0 N–H and O–H groups in total. The van der Waals surface area contributed by atoms with Crippen molar-refractivity contribution in [3.05, 3.63) is 88.6 Å². The highest BCUT2D eigenvalue weighted by molar-refractivity contribution is 7.89. The fourth-order valence-electron chi connectivity index (χ4n) is 5.09. The molecule has 1 aliphatic rings. The van der Waals surface area contributed by atoms with Gasteiger partial charge in [0.15, 0.2) is 0 Å². The molecule has 0 bridgehead atoms. The molecular weight excluding hydrogens is 542 g/mol. The van der Waals surface area contributed by atoms with Crippen LogP contribution in [-0.4, -0.2) is 74.4 Å². The standard InChI is InChI=1S/C31H37N3O4S2/c1-3-18-34(31(35)38-24-26-10-6-4-7-11-26)29-15-20-33(21-16-29)19-14-27(28-17-22-39-25-28)23-32(2)40(36,37)30-12-8-5-9-13-30/h1,4-13,17,22,25,27,29H,14-16,18-21,23-24H2,2H3/t27-/m0/s1. The van der Waals surface area contributed by atoms with Crippen molar-refractivity contribution < 1.29 is 17.9 Å². The molecule has 0 unspecified atom stereocenters. The van der Waals surface area contributed by atoms with Crippen molar-refractivity contribution >= 4 is 27.5 Å². The van der Waals surface area contributed by atoms with Crippen LogP contribution in [-0.2, 0) is 21.4 Å². The van der Waals surface area contributed by atoms with E-state index in [-0.39, 0.29) is 31.2 Å². The molecule has 2 heterocycles. The Hall–Kier alpha value is -3.16. The Labute approximate surface area is 242 Å². The zero-order valence-electron chi connectivity index (χ0n) is 22.9. The number of hydrogen-bond acceptors (Lipinski definition) is 6. The fourth-order valence-corrected chi connectivity index (χ4v) is 7.07. The van der Waals surface area contributed by atoms with Crippen LogP contribution in [0.4, 0.5) is 4.79 Å². The monoisotopic (exact) mass is 579 g/mol. The van der Waals surface area contributed by atoms with Crippen molar-refractivity contribution in [2.24, 2.45) is 0 Å². The second-order valence-electron chi connectivity index (χ2n) is 10.1. The third kappa shape index (κ3) is 7.95. The van der Waals surface area contributed by atoms with Crippen LogP contribution in [0.25, 0.3) is 0 Å². The highest BCUT2D eigenvalue weighted by atomic mass is 32.2. The first-order valence-electron chi connectivity index (χ1n) is 13.5. The Morgan fingerprint density at radius 3 is 2.40 bits per heavy atom. The lowest BCUT2D eigenvalue weighted by Gasteiger charge is -2.37. The van der Waals surface area contributed by atoms with Crippen molar-refractivity contribution in [3.63, 3.8) is 0 Å². The first-order valence-corrected chi connectivity index (χ1v) is 15.9. The SMILES string of the molecule is C#CCN(C(=O)OCc1ccccc1)C1CCN(CC[C@@H](CN(C)S(=O)(=O)c2ccccc2)c2ccsc2)CC1. The fraction of sp³-hybridized carbons (Fsp3) is 0.387. The molecule has 4 rings (SSSR count). The third-order valence-electron chi connectivity index (χ3n) is 7.44. The van der Waals surface area contributed by atoms with Crippen molar-refractivity contribution in [3.8, 4) is 12.3 Å². The van der Waals surface area contributed by atoms with E-state index in [1.165, 1.54) is 4.31 Å². The Morgan fingerprint density at radius 1 is 1.10 bits per heavy atom. The number of sulfonamides is 1. The lowest BCUT2D eigenvalue weighted by Crippen LogP contribution is -2.48. The highest BCUT2D eigenvalue weighted by Gasteiger charge is 2.30. The average Bonchev–Trinajstić information content (AvgIpc) is 3.53. The van der Waals surface area contributed by atoms with Crippen LogP contribution >= 0.6 is 11.3 Å². The van der Waals surface area contributed by atoms with Gasteiger partial charge in [0.25, 0.3) is 0 Å². The molecule has 1 saturated heterocycles. The maximum Gasteiger partial charge on any atom is 0.411 e. The summed E-state index contributed by atoms with van der Waals surface area (Å²) < 4.78 is 33.3. The molecule has 40 heavy (non-hydrogen) atoms. The summed E-state index contributed by atoms with van der Waals surface area (Å²) in [4.78, 5) is 17.2. The smallest absolute Gasteiger partial charge is 0.411 e. The third-order valence-corrected chi connectivity index (χ3v) is 9.98. The van der Waals surface area contributed by atoms with E-state index in [1.54, 1.807) is 47.5 Å². The van der Waals surface area contributed by atoms with E-state index in [0.29, 0.717) is 11.4 Å². The number of rotatable bonds is 12. The summed E-state index contributed by atoms with van der Waals surface area (Å²) in [5.74, 6) is 2.69. The summed E-state index contributed by atoms with van der Waals surface area (Å²) in [5.41, 5.74) is 2.10. The predicted octanol–water partition coefficient (Wildman–Crippen LogP) is 5.28.